The van der Waals surface area contributed by atoms with E-state index in [1.807, 2.05) is 0 Å². The first-order valence-electron chi connectivity index (χ1n) is 4.03. The topological polar surface area (TPSA) is 27.0 Å². The Morgan fingerprint density at radius 2 is 2.23 bits per heavy atom. The second kappa shape index (κ2) is 3.90. The van der Waals surface area contributed by atoms with Gasteiger partial charge in [0, 0.05) is 12.7 Å². The summed E-state index contributed by atoms with van der Waals surface area (Å²) in [5.41, 5.74) is 0.717. The summed E-state index contributed by atoms with van der Waals surface area (Å²) < 4.78 is 12.8. The summed E-state index contributed by atoms with van der Waals surface area (Å²) >= 11 is 0. The van der Waals surface area contributed by atoms with Gasteiger partial charge in [0.1, 0.15) is 11.9 Å². The Morgan fingerprint density at radius 1 is 1.54 bits per heavy atom. The van der Waals surface area contributed by atoms with Crippen molar-refractivity contribution in [2.75, 3.05) is 11.9 Å². The zero-order valence-electron chi connectivity index (χ0n) is 7.66. The molecule has 0 aliphatic carbocycles. The van der Waals surface area contributed by atoms with Crippen molar-refractivity contribution in [3.05, 3.63) is 30.1 Å². The average Bonchev–Trinajstić information content (AvgIpc) is 2.15. The van der Waals surface area contributed by atoms with E-state index in [4.69, 9.17) is 5.26 Å². The average molecular weight is 178 g/mol. The molecule has 1 unspecified atom stereocenters. The van der Waals surface area contributed by atoms with Gasteiger partial charge < -0.3 is 4.90 Å². The van der Waals surface area contributed by atoms with Gasteiger partial charge in [-0.15, -0.1) is 0 Å². The molecule has 1 aromatic carbocycles. The second-order valence-electron chi connectivity index (χ2n) is 2.90. The van der Waals surface area contributed by atoms with E-state index in [1.54, 1.807) is 31.0 Å². The summed E-state index contributed by atoms with van der Waals surface area (Å²) in [6.45, 7) is 1.77. The summed E-state index contributed by atoms with van der Waals surface area (Å²) in [5.74, 6) is -0.283. The molecular formula is C10H11FN2. The van der Waals surface area contributed by atoms with Crippen LogP contribution < -0.4 is 4.90 Å². The fourth-order valence-corrected chi connectivity index (χ4v) is 1.01. The molecule has 0 N–H and O–H groups in total. The molecule has 0 aliphatic rings. The fourth-order valence-electron chi connectivity index (χ4n) is 1.01. The molecule has 0 heterocycles. The Labute approximate surface area is 77.2 Å². The van der Waals surface area contributed by atoms with Gasteiger partial charge in [0.2, 0.25) is 0 Å². The maximum Gasteiger partial charge on any atom is 0.125 e. The third-order valence-corrected chi connectivity index (χ3v) is 1.98. The molecule has 1 aromatic rings. The van der Waals surface area contributed by atoms with Gasteiger partial charge in [-0.1, -0.05) is 6.07 Å². The van der Waals surface area contributed by atoms with Crippen LogP contribution in [0.15, 0.2) is 24.3 Å². The van der Waals surface area contributed by atoms with Crippen molar-refractivity contribution in [3.8, 4) is 6.07 Å². The van der Waals surface area contributed by atoms with Gasteiger partial charge in [0.05, 0.1) is 6.07 Å². The first kappa shape index (κ1) is 9.53. The van der Waals surface area contributed by atoms with Crippen molar-refractivity contribution < 1.29 is 4.39 Å². The molecule has 0 aromatic heterocycles. The van der Waals surface area contributed by atoms with Crippen molar-refractivity contribution in [2.24, 2.45) is 0 Å². The first-order chi connectivity index (χ1) is 6.15. The van der Waals surface area contributed by atoms with E-state index < -0.39 is 0 Å². The summed E-state index contributed by atoms with van der Waals surface area (Å²) in [5, 5.41) is 8.65. The van der Waals surface area contributed by atoms with Crippen LogP contribution in [-0.4, -0.2) is 13.1 Å². The molecule has 1 rings (SSSR count). The van der Waals surface area contributed by atoms with Gasteiger partial charge in [-0.2, -0.15) is 5.26 Å². The van der Waals surface area contributed by atoms with Crippen LogP contribution in [0.4, 0.5) is 10.1 Å². The second-order valence-corrected chi connectivity index (χ2v) is 2.90. The van der Waals surface area contributed by atoms with Gasteiger partial charge in [0.25, 0.3) is 0 Å². The monoisotopic (exact) mass is 178 g/mol. The van der Waals surface area contributed by atoms with Crippen LogP contribution in [0.5, 0.6) is 0 Å². The lowest BCUT2D eigenvalue weighted by molar-refractivity contribution is 0.626. The van der Waals surface area contributed by atoms with Crippen molar-refractivity contribution in [1.29, 1.82) is 5.26 Å². The highest BCUT2D eigenvalue weighted by atomic mass is 19.1. The predicted octanol–water partition coefficient (Wildman–Crippen LogP) is 2.17. The van der Waals surface area contributed by atoms with Crippen molar-refractivity contribution in [2.45, 2.75) is 13.0 Å². The van der Waals surface area contributed by atoms with Crippen LogP contribution in [0.1, 0.15) is 6.92 Å². The van der Waals surface area contributed by atoms with Crippen molar-refractivity contribution in [3.63, 3.8) is 0 Å². The third kappa shape index (κ3) is 2.19. The molecule has 0 aliphatic heterocycles. The number of hydrogen-bond acceptors (Lipinski definition) is 2. The fraction of sp³-hybridized carbons (Fsp3) is 0.300. The molecule has 2 nitrogen and oxygen atoms in total. The van der Waals surface area contributed by atoms with E-state index in [-0.39, 0.29) is 11.9 Å². The highest BCUT2D eigenvalue weighted by Gasteiger charge is 2.08. The van der Waals surface area contributed by atoms with Gasteiger partial charge in [-0.3, -0.25) is 0 Å². The van der Waals surface area contributed by atoms with Crippen molar-refractivity contribution in [1.82, 2.24) is 0 Å². The highest BCUT2D eigenvalue weighted by Crippen LogP contribution is 2.15. The third-order valence-electron chi connectivity index (χ3n) is 1.98. The number of benzene rings is 1. The number of rotatable bonds is 2. The van der Waals surface area contributed by atoms with Gasteiger partial charge >= 0.3 is 0 Å². The molecule has 68 valence electrons. The van der Waals surface area contributed by atoms with Crippen LogP contribution in [0.25, 0.3) is 0 Å². The lowest BCUT2D eigenvalue weighted by Gasteiger charge is -2.21. The lowest BCUT2D eigenvalue weighted by atomic mass is 10.2. The molecule has 0 fully saturated rings. The van der Waals surface area contributed by atoms with Gasteiger partial charge in [-0.05, 0) is 25.1 Å². The number of halogens is 1. The molecular weight excluding hydrogens is 167 g/mol. The van der Waals surface area contributed by atoms with E-state index in [0.29, 0.717) is 5.69 Å². The molecule has 0 bridgehead atoms. The zero-order chi connectivity index (χ0) is 9.84. The molecule has 0 amide bonds. The molecule has 0 saturated carbocycles. The Balaban J connectivity index is 2.90. The lowest BCUT2D eigenvalue weighted by Crippen LogP contribution is -2.27. The van der Waals surface area contributed by atoms with Crippen LogP contribution >= 0.6 is 0 Å². The summed E-state index contributed by atoms with van der Waals surface area (Å²) in [6.07, 6.45) is 0. The van der Waals surface area contributed by atoms with E-state index in [2.05, 4.69) is 6.07 Å². The Hall–Kier alpha value is -1.56. The normalized spacial score (nSPS) is 11.8. The largest absolute Gasteiger partial charge is 0.359 e. The maximum atomic E-state index is 12.8. The SMILES string of the molecule is CC(C#N)N(C)c1cccc(F)c1. The smallest absolute Gasteiger partial charge is 0.125 e. The summed E-state index contributed by atoms with van der Waals surface area (Å²) in [7, 11) is 1.77. The standard InChI is InChI=1S/C10H11FN2/c1-8(7-12)13(2)10-5-3-4-9(11)6-10/h3-6,8H,1-2H3. The summed E-state index contributed by atoms with van der Waals surface area (Å²) in [6, 6.07) is 8.04. The minimum atomic E-state index is -0.283. The summed E-state index contributed by atoms with van der Waals surface area (Å²) in [4.78, 5) is 1.73. The van der Waals surface area contributed by atoms with Crippen molar-refractivity contribution >= 4 is 5.69 Å². The van der Waals surface area contributed by atoms with Crippen LogP contribution in [0.2, 0.25) is 0 Å². The van der Waals surface area contributed by atoms with E-state index in [0.717, 1.165) is 0 Å². The molecule has 3 heteroatoms. The number of anilines is 1. The Kier molecular flexibility index (Phi) is 2.86. The highest BCUT2D eigenvalue weighted by molar-refractivity contribution is 5.47. The van der Waals surface area contributed by atoms with Crippen LogP contribution in [0, 0.1) is 17.1 Å². The van der Waals surface area contributed by atoms with E-state index in [9.17, 15) is 4.39 Å². The molecule has 0 saturated heterocycles. The molecule has 0 spiro atoms. The van der Waals surface area contributed by atoms with Crippen LogP contribution in [-0.2, 0) is 0 Å². The number of nitrogens with zero attached hydrogens (tertiary/aromatic N) is 2. The minimum absolute atomic E-state index is 0.248. The van der Waals surface area contributed by atoms with Gasteiger partial charge in [-0.25, -0.2) is 4.39 Å². The minimum Gasteiger partial charge on any atom is -0.359 e. The molecule has 0 radical (unpaired) electrons. The van der Waals surface area contributed by atoms with Gasteiger partial charge in [0.15, 0.2) is 0 Å². The molecule has 13 heavy (non-hydrogen) atoms. The first-order valence-corrected chi connectivity index (χ1v) is 4.03. The zero-order valence-corrected chi connectivity index (χ0v) is 7.66. The molecule has 1 atom stereocenters. The Morgan fingerprint density at radius 3 is 2.77 bits per heavy atom. The maximum absolute atomic E-state index is 12.8. The quantitative estimate of drug-likeness (QED) is 0.694. The number of nitriles is 1. The number of hydrogen-bond donors (Lipinski definition) is 0. The van der Waals surface area contributed by atoms with E-state index in [1.165, 1.54) is 12.1 Å². The Bertz CT molecular complexity index is 330. The van der Waals surface area contributed by atoms with Crippen LogP contribution in [0.3, 0.4) is 0 Å². The predicted molar refractivity (Wildman–Crippen MR) is 49.9 cm³/mol. The van der Waals surface area contributed by atoms with E-state index >= 15 is 0 Å².